The van der Waals surface area contributed by atoms with Crippen LogP contribution in [0.5, 0.6) is 0 Å². The summed E-state index contributed by atoms with van der Waals surface area (Å²) in [6.45, 7) is 2.12. The molecule has 100 valence electrons. The van der Waals surface area contributed by atoms with Gasteiger partial charge < -0.3 is 9.64 Å². The summed E-state index contributed by atoms with van der Waals surface area (Å²) in [7, 11) is 0. The van der Waals surface area contributed by atoms with Gasteiger partial charge in [-0.3, -0.25) is 4.79 Å². The van der Waals surface area contributed by atoms with E-state index in [4.69, 9.17) is 4.74 Å². The Labute approximate surface area is 120 Å². The maximum atomic E-state index is 12.0. The Morgan fingerprint density at radius 1 is 1.61 bits per heavy atom. The Morgan fingerprint density at radius 3 is 3.22 bits per heavy atom. The van der Waals surface area contributed by atoms with Crippen molar-refractivity contribution in [3.63, 3.8) is 0 Å². The molecule has 1 saturated heterocycles. The van der Waals surface area contributed by atoms with Gasteiger partial charge in [0.1, 0.15) is 0 Å². The van der Waals surface area contributed by atoms with E-state index in [2.05, 4.69) is 33.4 Å². The second-order valence-corrected chi connectivity index (χ2v) is 6.10. The molecule has 18 heavy (non-hydrogen) atoms. The standard InChI is InChI=1S/C13H18BrNO2S/c14-9-11-10-15(6-7-17-11)13(16)5-1-3-12-4-2-8-18-12/h2,4,8,11H,1,3,5-7,9-10H2. The third kappa shape index (κ3) is 4.07. The fraction of sp³-hybridized carbons (Fsp3) is 0.615. The number of carbonyl (C=O) groups is 1. The Morgan fingerprint density at radius 2 is 2.50 bits per heavy atom. The van der Waals surface area contributed by atoms with Crippen LogP contribution < -0.4 is 0 Å². The summed E-state index contributed by atoms with van der Waals surface area (Å²) in [5.41, 5.74) is 0. The van der Waals surface area contributed by atoms with Gasteiger partial charge in [0.05, 0.1) is 12.7 Å². The quantitative estimate of drug-likeness (QED) is 0.776. The molecule has 1 aromatic rings. The van der Waals surface area contributed by atoms with Gasteiger partial charge in [-0.05, 0) is 24.3 Å². The predicted octanol–water partition coefficient (Wildman–Crippen LogP) is 2.69. The molecule has 0 spiro atoms. The van der Waals surface area contributed by atoms with Crippen molar-refractivity contribution < 1.29 is 9.53 Å². The number of hydrogen-bond donors (Lipinski definition) is 0. The molecular formula is C13H18BrNO2S. The maximum absolute atomic E-state index is 12.0. The van der Waals surface area contributed by atoms with Gasteiger partial charge in [-0.2, -0.15) is 0 Å². The zero-order valence-corrected chi connectivity index (χ0v) is 12.7. The predicted molar refractivity (Wildman–Crippen MR) is 77.4 cm³/mol. The lowest BCUT2D eigenvalue weighted by Crippen LogP contribution is -2.46. The van der Waals surface area contributed by atoms with Crippen LogP contribution in [0.3, 0.4) is 0 Å². The monoisotopic (exact) mass is 331 g/mol. The van der Waals surface area contributed by atoms with E-state index in [0.717, 1.165) is 31.3 Å². The summed E-state index contributed by atoms with van der Waals surface area (Å²) in [6, 6.07) is 4.19. The highest BCUT2D eigenvalue weighted by Crippen LogP contribution is 2.14. The lowest BCUT2D eigenvalue weighted by molar-refractivity contribution is -0.138. The number of rotatable bonds is 5. The molecule has 0 aromatic carbocycles. The summed E-state index contributed by atoms with van der Waals surface area (Å²) in [4.78, 5) is 15.3. The molecule has 2 heterocycles. The SMILES string of the molecule is O=C(CCCc1cccs1)N1CCOC(CBr)C1. The minimum atomic E-state index is 0.153. The highest BCUT2D eigenvalue weighted by molar-refractivity contribution is 9.09. The molecule has 1 unspecified atom stereocenters. The Bertz CT molecular complexity index is 369. The second-order valence-electron chi connectivity index (χ2n) is 4.42. The third-order valence-corrected chi connectivity index (χ3v) is 4.72. The van der Waals surface area contributed by atoms with Crippen molar-refractivity contribution in [3.05, 3.63) is 22.4 Å². The first-order chi connectivity index (χ1) is 8.79. The Balaban J connectivity index is 1.70. The Kier molecular flexibility index (Phi) is 5.66. The van der Waals surface area contributed by atoms with Crippen LogP contribution in [0.4, 0.5) is 0 Å². The minimum Gasteiger partial charge on any atom is -0.374 e. The van der Waals surface area contributed by atoms with Crippen LogP contribution in [-0.4, -0.2) is 41.9 Å². The second kappa shape index (κ2) is 7.26. The van der Waals surface area contributed by atoms with Crippen LogP contribution >= 0.6 is 27.3 Å². The highest BCUT2D eigenvalue weighted by Gasteiger charge is 2.22. The molecule has 0 aliphatic carbocycles. The van der Waals surface area contributed by atoms with E-state index in [1.165, 1.54) is 4.88 Å². The van der Waals surface area contributed by atoms with E-state index >= 15 is 0 Å². The molecule has 0 bridgehead atoms. The molecule has 0 saturated carbocycles. The molecule has 2 rings (SSSR count). The van der Waals surface area contributed by atoms with Crippen LogP contribution in [0.2, 0.25) is 0 Å². The smallest absolute Gasteiger partial charge is 0.222 e. The van der Waals surface area contributed by atoms with Crippen molar-refractivity contribution in [2.45, 2.75) is 25.4 Å². The molecule has 1 amide bonds. The van der Waals surface area contributed by atoms with Gasteiger partial charge in [-0.15, -0.1) is 11.3 Å². The number of halogens is 1. The average Bonchev–Trinajstić information content (AvgIpc) is 2.92. The lowest BCUT2D eigenvalue weighted by Gasteiger charge is -2.32. The lowest BCUT2D eigenvalue weighted by atomic mass is 10.2. The topological polar surface area (TPSA) is 29.5 Å². The van der Waals surface area contributed by atoms with Gasteiger partial charge in [0.15, 0.2) is 0 Å². The molecule has 0 N–H and O–H groups in total. The van der Waals surface area contributed by atoms with Gasteiger partial charge in [-0.1, -0.05) is 22.0 Å². The van der Waals surface area contributed by atoms with E-state index < -0.39 is 0 Å². The average molecular weight is 332 g/mol. The fourth-order valence-electron chi connectivity index (χ4n) is 2.07. The van der Waals surface area contributed by atoms with Crippen molar-refractivity contribution in [2.24, 2.45) is 0 Å². The number of morpholine rings is 1. The largest absolute Gasteiger partial charge is 0.374 e. The number of alkyl halides is 1. The van der Waals surface area contributed by atoms with E-state index in [1.54, 1.807) is 11.3 Å². The van der Waals surface area contributed by atoms with Crippen LogP contribution in [0.15, 0.2) is 17.5 Å². The van der Waals surface area contributed by atoms with Crippen LogP contribution in [-0.2, 0) is 16.0 Å². The van der Waals surface area contributed by atoms with Gasteiger partial charge in [-0.25, -0.2) is 0 Å². The number of ether oxygens (including phenoxy) is 1. The number of nitrogens with zero attached hydrogens (tertiary/aromatic N) is 1. The van der Waals surface area contributed by atoms with Gasteiger partial charge in [0.2, 0.25) is 5.91 Å². The number of thiophene rings is 1. The molecule has 0 radical (unpaired) electrons. The zero-order chi connectivity index (χ0) is 12.8. The molecule has 1 atom stereocenters. The number of carbonyl (C=O) groups excluding carboxylic acids is 1. The van der Waals surface area contributed by atoms with Gasteiger partial charge >= 0.3 is 0 Å². The molecular weight excluding hydrogens is 314 g/mol. The molecule has 1 fully saturated rings. The van der Waals surface area contributed by atoms with Crippen LogP contribution in [0, 0.1) is 0 Å². The number of hydrogen-bond acceptors (Lipinski definition) is 3. The maximum Gasteiger partial charge on any atom is 0.222 e. The zero-order valence-electron chi connectivity index (χ0n) is 10.3. The summed E-state index contributed by atoms with van der Waals surface area (Å²) in [6.07, 6.45) is 2.75. The van der Waals surface area contributed by atoms with Crippen molar-refractivity contribution in [2.75, 3.05) is 25.0 Å². The number of aryl methyl sites for hydroxylation is 1. The number of amides is 1. The molecule has 1 aliphatic rings. The third-order valence-electron chi connectivity index (χ3n) is 3.06. The summed E-state index contributed by atoms with van der Waals surface area (Å²) >= 11 is 5.17. The first-order valence-electron chi connectivity index (χ1n) is 6.27. The van der Waals surface area contributed by atoms with Gasteiger partial charge in [0.25, 0.3) is 0 Å². The van der Waals surface area contributed by atoms with E-state index in [1.807, 2.05) is 4.90 Å². The van der Waals surface area contributed by atoms with E-state index in [0.29, 0.717) is 13.0 Å². The highest BCUT2D eigenvalue weighted by atomic mass is 79.9. The van der Waals surface area contributed by atoms with Crippen molar-refractivity contribution >= 4 is 33.2 Å². The summed E-state index contributed by atoms with van der Waals surface area (Å²) in [5, 5.41) is 2.88. The first kappa shape index (κ1) is 14.0. The van der Waals surface area contributed by atoms with E-state index in [9.17, 15) is 4.79 Å². The van der Waals surface area contributed by atoms with Crippen molar-refractivity contribution in [1.29, 1.82) is 0 Å². The summed E-state index contributed by atoms with van der Waals surface area (Å²) in [5.74, 6) is 0.265. The van der Waals surface area contributed by atoms with Crippen molar-refractivity contribution in [1.82, 2.24) is 4.90 Å². The normalized spacial score (nSPS) is 20.1. The molecule has 1 aromatic heterocycles. The van der Waals surface area contributed by atoms with Crippen molar-refractivity contribution in [3.8, 4) is 0 Å². The van der Waals surface area contributed by atoms with E-state index in [-0.39, 0.29) is 12.0 Å². The molecule has 3 nitrogen and oxygen atoms in total. The first-order valence-corrected chi connectivity index (χ1v) is 8.27. The fourth-order valence-corrected chi connectivity index (χ4v) is 3.21. The van der Waals surface area contributed by atoms with Crippen LogP contribution in [0.25, 0.3) is 0 Å². The van der Waals surface area contributed by atoms with Gasteiger partial charge in [0, 0.05) is 29.7 Å². The molecule has 5 heteroatoms. The van der Waals surface area contributed by atoms with Crippen LogP contribution in [0.1, 0.15) is 17.7 Å². The minimum absolute atomic E-state index is 0.153. The molecule has 1 aliphatic heterocycles. The summed E-state index contributed by atoms with van der Waals surface area (Å²) < 4.78 is 5.53. The Hall–Kier alpha value is -0.390.